The van der Waals surface area contributed by atoms with E-state index in [1.807, 2.05) is 30.3 Å². The van der Waals surface area contributed by atoms with Crippen molar-refractivity contribution in [2.45, 2.75) is 19.5 Å². The molecule has 0 radical (unpaired) electrons. The third-order valence-electron chi connectivity index (χ3n) is 2.80. The van der Waals surface area contributed by atoms with Crippen molar-refractivity contribution in [1.82, 2.24) is 10.2 Å². The Labute approximate surface area is 105 Å². The molecule has 0 bridgehead atoms. The summed E-state index contributed by atoms with van der Waals surface area (Å²) in [5.41, 5.74) is 2.12. The molecule has 2 amide bonds. The molecule has 0 saturated heterocycles. The summed E-state index contributed by atoms with van der Waals surface area (Å²) in [7, 11) is 0. The number of carboxylic acid groups (broad SMARTS) is 1. The van der Waals surface area contributed by atoms with Crippen LogP contribution in [0.15, 0.2) is 30.5 Å². The smallest absolute Gasteiger partial charge is 0.325 e. The summed E-state index contributed by atoms with van der Waals surface area (Å²) in [6.45, 7) is 1.88. The van der Waals surface area contributed by atoms with Crippen molar-refractivity contribution >= 4 is 18.1 Å². The van der Waals surface area contributed by atoms with Gasteiger partial charge in [-0.05, 0) is 24.1 Å². The Morgan fingerprint density at radius 3 is 2.83 bits per heavy atom. The predicted octanol–water partition coefficient (Wildman–Crippen LogP) is 1.66. The number of carbonyl (C=O) groups excluding carboxylic acids is 1. The van der Waals surface area contributed by atoms with E-state index in [-0.39, 0.29) is 0 Å². The molecule has 5 heteroatoms. The van der Waals surface area contributed by atoms with Crippen LogP contribution in [0.2, 0.25) is 0 Å². The number of rotatable bonds is 2. The van der Waals surface area contributed by atoms with E-state index in [9.17, 15) is 9.59 Å². The van der Waals surface area contributed by atoms with Crippen LogP contribution in [-0.4, -0.2) is 28.0 Å². The molecule has 94 valence electrons. The molecule has 2 rings (SSSR count). The normalized spacial score (nSPS) is 14.8. The third-order valence-corrected chi connectivity index (χ3v) is 2.80. The van der Waals surface area contributed by atoms with E-state index < -0.39 is 18.0 Å². The highest BCUT2D eigenvalue weighted by molar-refractivity contribution is 5.83. The summed E-state index contributed by atoms with van der Waals surface area (Å²) in [4.78, 5) is 23.9. The van der Waals surface area contributed by atoms with E-state index in [0.29, 0.717) is 6.54 Å². The summed E-state index contributed by atoms with van der Waals surface area (Å²) < 4.78 is 0. The van der Waals surface area contributed by atoms with Crippen molar-refractivity contribution in [2.75, 3.05) is 0 Å². The van der Waals surface area contributed by atoms with E-state index in [4.69, 9.17) is 5.11 Å². The minimum atomic E-state index is -1.05. The topological polar surface area (TPSA) is 69.6 Å². The maximum atomic E-state index is 11.8. The van der Waals surface area contributed by atoms with Crippen LogP contribution >= 0.6 is 0 Å². The van der Waals surface area contributed by atoms with Crippen LogP contribution in [0.1, 0.15) is 18.1 Å². The first-order chi connectivity index (χ1) is 8.58. The van der Waals surface area contributed by atoms with Crippen LogP contribution < -0.4 is 5.32 Å². The van der Waals surface area contributed by atoms with Crippen LogP contribution in [-0.2, 0) is 11.3 Å². The number of amides is 2. The summed E-state index contributed by atoms with van der Waals surface area (Å²) in [6.07, 6.45) is 3.50. The van der Waals surface area contributed by atoms with Gasteiger partial charge in [-0.25, -0.2) is 4.79 Å². The number of nitrogens with one attached hydrogen (secondary N) is 1. The molecule has 0 saturated carbocycles. The van der Waals surface area contributed by atoms with E-state index in [0.717, 1.165) is 11.1 Å². The van der Waals surface area contributed by atoms with Gasteiger partial charge >= 0.3 is 12.0 Å². The molecule has 1 aromatic carbocycles. The highest BCUT2D eigenvalue weighted by Crippen LogP contribution is 2.19. The van der Waals surface area contributed by atoms with Crippen molar-refractivity contribution < 1.29 is 14.7 Å². The molecule has 1 heterocycles. The fourth-order valence-electron chi connectivity index (χ4n) is 1.72. The summed E-state index contributed by atoms with van der Waals surface area (Å²) in [5.74, 6) is -1.05. The van der Waals surface area contributed by atoms with Crippen LogP contribution in [0.5, 0.6) is 0 Å². The summed E-state index contributed by atoms with van der Waals surface area (Å²) in [6, 6.07) is 6.46. The molecule has 0 aliphatic carbocycles. The average Bonchev–Trinajstić information content (AvgIpc) is 2.37. The molecule has 1 unspecified atom stereocenters. The second-order valence-corrected chi connectivity index (χ2v) is 4.15. The molecule has 0 aromatic heterocycles. The molecule has 1 aromatic rings. The predicted molar refractivity (Wildman–Crippen MR) is 66.6 cm³/mol. The van der Waals surface area contributed by atoms with Gasteiger partial charge in [0.1, 0.15) is 6.04 Å². The Morgan fingerprint density at radius 2 is 2.11 bits per heavy atom. The average molecular weight is 246 g/mol. The minimum Gasteiger partial charge on any atom is -0.480 e. The Kier molecular flexibility index (Phi) is 3.32. The van der Waals surface area contributed by atoms with Crippen LogP contribution in [0.4, 0.5) is 4.79 Å². The van der Waals surface area contributed by atoms with Gasteiger partial charge in [0.15, 0.2) is 0 Å². The van der Waals surface area contributed by atoms with Gasteiger partial charge in [0.2, 0.25) is 0 Å². The van der Waals surface area contributed by atoms with Crippen molar-refractivity contribution in [1.29, 1.82) is 0 Å². The lowest BCUT2D eigenvalue weighted by Crippen LogP contribution is -2.44. The summed E-state index contributed by atoms with van der Waals surface area (Å²) >= 11 is 0. The molecule has 18 heavy (non-hydrogen) atoms. The van der Waals surface area contributed by atoms with Gasteiger partial charge < -0.3 is 10.4 Å². The molecule has 0 spiro atoms. The first-order valence-corrected chi connectivity index (χ1v) is 5.64. The summed E-state index contributed by atoms with van der Waals surface area (Å²) in [5, 5.41) is 11.2. The number of carboxylic acids is 1. The molecule has 2 N–H and O–H groups in total. The van der Waals surface area contributed by atoms with E-state index in [1.54, 1.807) is 6.20 Å². The highest BCUT2D eigenvalue weighted by atomic mass is 16.4. The number of aliphatic carboxylic acids is 1. The van der Waals surface area contributed by atoms with E-state index in [1.165, 1.54) is 11.8 Å². The van der Waals surface area contributed by atoms with Crippen molar-refractivity contribution in [3.63, 3.8) is 0 Å². The van der Waals surface area contributed by atoms with Gasteiger partial charge in [-0.2, -0.15) is 0 Å². The molecular formula is C13H14N2O3. The van der Waals surface area contributed by atoms with Crippen LogP contribution in [0.3, 0.4) is 0 Å². The fraction of sp³-hybridized carbons (Fsp3) is 0.231. The lowest BCUT2D eigenvalue weighted by molar-refractivity contribution is -0.138. The second kappa shape index (κ2) is 4.91. The van der Waals surface area contributed by atoms with Gasteiger partial charge in [-0.3, -0.25) is 9.69 Å². The lowest BCUT2D eigenvalue weighted by Gasteiger charge is -2.24. The van der Waals surface area contributed by atoms with E-state index >= 15 is 0 Å². The Morgan fingerprint density at radius 1 is 1.39 bits per heavy atom. The van der Waals surface area contributed by atoms with Gasteiger partial charge in [-0.15, -0.1) is 0 Å². The Balaban J connectivity index is 2.05. The molecule has 0 fully saturated rings. The monoisotopic (exact) mass is 246 g/mol. The minimum absolute atomic E-state index is 0.407. The van der Waals surface area contributed by atoms with Crippen molar-refractivity contribution in [3.8, 4) is 0 Å². The van der Waals surface area contributed by atoms with Gasteiger partial charge in [0, 0.05) is 6.20 Å². The zero-order valence-corrected chi connectivity index (χ0v) is 9.96. The number of urea groups is 1. The highest BCUT2D eigenvalue weighted by Gasteiger charge is 2.20. The number of hydrogen-bond acceptors (Lipinski definition) is 2. The number of nitrogens with zero attached hydrogens (tertiary/aromatic N) is 1. The SMILES string of the molecule is CC(NC(=O)N1C=Cc2ccccc2C1)C(=O)O. The molecule has 5 nitrogen and oxygen atoms in total. The Hall–Kier alpha value is -2.30. The van der Waals surface area contributed by atoms with Gasteiger partial charge in [0.05, 0.1) is 6.54 Å². The zero-order chi connectivity index (χ0) is 13.1. The third kappa shape index (κ3) is 2.51. The van der Waals surface area contributed by atoms with Crippen molar-refractivity contribution in [2.24, 2.45) is 0 Å². The second-order valence-electron chi connectivity index (χ2n) is 4.15. The standard InChI is InChI=1S/C13H14N2O3/c1-9(12(16)17)14-13(18)15-7-6-10-4-2-3-5-11(10)8-15/h2-7,9H,8H2,1H3,(H,14,18)(H,16,17). The quantitative estimate of drug-likeness (QED) is 0.833. The molecular weight excluding hydrogens is 232 g/mol. The number of fused-ring (bicyclic) bond motifs is 1. The number of carbonyl (C=O) groups is 2. The number of hydrogen-bond donors (Lipinski definition) is 2. The fourth-order valence-corrected chi connectivity index (χ4v) is 1.72. The van der Waals surface area contributed by atoms with Gasteiger partial charge in [-0.1, -0.05) is 24.3 Å². The number of benzene rings is 1. The van der Waals surface area contributed by atoms with E-state index in [2.05, 4.69) is 5.32 Å². The maximum absolute atomic E-state index is 11.8. The van der Waals surface area contributed by atoms with Crippen molar-refractivity contribution in [3.05, 3.63) is 41.6 Å². The first kappa shape index (κ1) is 12.2. The zero-order valence-electron chi connectivity index (χ0n) is 9.96. The van der Waals surface area contributed by atoms with Crippen LogP contribution in [0, 0.1) is 0 Å². The Bertz CT molecular complexity index is 511. The molecule has 1 aliphatic heterocycles. The largest absolute Gasteiger partial charge is 0.480 e. The first-order valence-electron chi connectivity index (χ1n) is 5.64. The molecule has 1 atom stereocenters. The lowest BCUT2D eigenvalue weighted by atomic mass is 10.0. The van der Waals surface area contributed by atoms with Gasteiger partial charge in [0.25, 0.3) is 0 Å². The molecule has 1 aliphatic rings. The maximum Gasteiger partial charge on any atom is 0.325 e. The van der Waals surface area contributed by atoms with Crippen LogP contribution in [0.25, 0.3) is 6.08 Å².